The fraction of sp³-hybridized carbons (Fsp3) is 0.500. The van der Waals surface area contributed by atoms with E-state index >= 15 is 0 Å². The van der Waals surface area contributed by atoms with E-state index in [-0.39, 0.29) is 12.1 Å². The van der Waals surface area contributed by atoms with Crippen LogP contribution in [-0.4, -0.2) is 42.5 Å². The van der Waals surface area contributed by atoms with Crippen LogP contribution in [0.15, 0.2) is 35.3 Å². The third-order valence-corrected chi connectivity index (χ3v) is 4.69. The molecule has 2 aromatic rings. The van der Waals surface area contributed by atoms with Crippen LogP contribution < -0.4 is 10.6 Å². The van der Waals surface area contributed by atoms with Crippen LogP contribution in [0.1, 0.15) is 35.5 Å². The van der Waals surface area contributed by atoms with E-state index in [1.165, 1.54) is 11.3 Å². The molecule has 6 nitrogen and oxygen atoms in total. The average Bonchev–Trinajstić information content (AvgIpc) is 2.88. The van der Waals surface area contributed by atoms with Gasteiger partial charge in [-0.25, -0.2) is 0 Å². The quantitative estimate of drug-likeness (QED) is 0.590. The number of guanidine groups is 1. The Morgan fingerprint density at radius 1 is 1.27 bits per heavy atom. The summed E-state index contributed by atoms with van der Waals surface area (Å²) in [6, 6.07) is 10.4. The molecule has 1 aromatic carbocycles. The van der Waals surface area contributed by atoms with Crippen molar-refractivity contribution in [3.05, 3.63) is 52.8 Å². The summed E-state index contributed by atoms with van der Waals surface area (Å²) in [7, 11) is 5.50. The standard InChI is InChI=1S/C20H31N5O/c1-14(12-18-15(2)24-25(5)16(18)3)23-20(21-4)22-13-19(26-6)17-10-8-7-9-11-17/h7-11,14,19H,12-13H2,1-6H3,(H2,21,22,23). The van der Waals surface area contributed by atoms with Crippen molar-refractivity contribution >= 4 is 5.96 Å². The van der Waals surface area contributed by atoms with E-state index in [1.807, 2.05) is 29.9 Å². The van der Waals surface area contributed by atoms with Crippen LogP contribution in [0.25, 0.3) is 0 Å². The van der Waals surface area contributed by atoms with Gasteiger partial charge in [0.1, 0.15) is 0 Å². The molecular formula is C20H31N5O. The molecule has 0 saturated carbocycles. The lowest BCUT2D eigenvalue weighted by Gasteiger charge is -2.21. The van der Waals surface area contributed by atoms with Gasteiger partial charge in [0.05, 0.1) is 11.8 Å². The first kappa shape index (κ1) is 20.0. The van der Waals surface area contributed by atoms with E-state index in [0.29, 0.717) is 6.54 Å². The van der Waals surface area contributed by atoms with Crippen molar-refractivity contribution in [3.63, 3.8) is 0 Å². The second-order valence-corrected chi connectivity index (χ2v) is 6.61. The Labute approximate surface area is 156 Å². The van der Waals surface area contributed by atoms with Crippen molar-refractivity contribution in [2.75, 3.05) is 20.7 Å². The molecule has 142 valence electrons. The minimum atomic E-state index is -0.0205. The molecule has 2 rings (SSSR count). The molecule has 0 spiro atoms. The maximum Gasteiger partial charge on any atom is 0.191 e. The number of aromatic nitrogens is 2. The number of nitrogens with zero attached hydrogens (tertiary/aromatic N) is 3. The maximum absolute atomic E-state index is 5.61. The number of rotatable bonds is 7. The van der Waals surface area contributed by atoms with Gasteiger partial charge in [0.25, 0.3) is 0 Å². The SMILES string of the molecule is CN=C(NCC(OC)c1ccccc1)NC(C)Cc1c(C)nn(C)c1C. The Morgan fingerprint density at radius 2 is 1.96 bits per heavy atom. The molecule has 0 aliphatic heterocycles. The third-order valence-electron chi connectivity index (χ3n) is 4.69. The Balaban J connectivity index is 1.92. The summed E-state index contributed by atoms with van der Waals surface area (Å²) in [6.07, 6.45) is 0.881. The fourth-order valence-electron chi connectivity index (χ4n) is 3.09. The van der Waals surface area contributed by atoms with Gasteiger partial charge in [0.15, 0.2) is 5.96 Å². The van der Waals surface area contributed by atoms with E-state index in [9.17, 15) is 0 Å². The second-order valence-electron chi connectivity index (χ2n) is 6.61. The summed E-state index contributed by atoms with van der Waals surface area (Å²) in [6.45, 7) is 6.98. The Morgan fingerprint density at radius 3 is 2.50 bits per heavy atom. The normalized spacial score (nSPS) is 14.2. The largest absolute Gasteiger partial charge is 0.375 e. The van der Waals surface area contributed by atoms with E-state index in [2.05, 4.69) is 53.6 Å². The van der Waals surface area contributed by atoms with Crippen molar-refractivity contribution in [1.82, 2.24) is 20.4 Å². The minimum absolute atomic E-state index is 0.0205. The predicted molar refractivity (Wildman–Crippen MR) is 107 cm³/mol. The first-order chi connectivity index (χ1) is 12.5. The fourth-order valence-corrected chi connectivity index (χ4v) is 3.09. The first-order valence-electron chi connectivity index (χ1n) is 9.00. The van der Waals surface area contributed by atoms with Crippen LogP contribution in [0.3, 0.4) is 0 Å². The van der Waals surface area contributed by atoms with Gasteiger partial charge in [0.2, 0.25) is 0 Å². The summed E-state index contributed by atoms with van der Waals surface area (Å²) < 4.78 is 7.55. The monoisotopic (exact) mass is 357 g/mol. The van der Waals surface area contributed by atoms with Gasteiger partial charge in [-0.3, -0.25) is 9.67 Å². The number of benzene rings is 1. The van der Waals surface area contributed by atoms with Crippen LogP contribution in [0, 0.1) is 13.8 Å². The maximum atomic E-state index is 5.61. The van der Waals surface area contributed by atoms with Crippen molar-refractivity contribution < 1.29 is 4.74 Å². The van der Waals surface area contributed by atoms with E-state index < -0.39 is 0 Å². The second kappa shape index (κ2) is 9.38. The summed E-state index contributed by atoms with van der Waals surface area (Å²) >= 11 is 0. The van der Waals surface area contributed by atoms with Gasteiger partial charge >= 0.3 is 0 Å². The topological polar surface area (TPSA) is 63.5 Å². The molecule has 0 saturated heterocycles. The van der Waals surface area contributed by atoms with Crippen LogP contribution in [0.5, 0.6) is 0 Å². The number of hydrogen-bond donors (Lipinski definition) is 2. The molecule has 6 heteroatoms. The summed E-state index contributed by atoms with van der Waals surface area (Å²) in [4.78, 5) is 4.34. The molecule has 0 aliphatic carbocycles. The zero-order valence-corrected chi connectivity index (χ0v) is 16.7. The lowest BCUT2D eigenvalue weighted by atomic mass is 10.1. The Kier molecular flexibility index (Phi) is 7.21. The summed E-state index contributed by atoms with van der Waals surface area (Å²) in [5, 5.41) is 11.3. The highest BCUT2D eigenvalue weighted by atomic mass is 16.5. The molecule has 26 heavy (non-hydrogen) atoms. The Bertz CT molecular complexity index is 723. The number of aliphatic imine (C=N–C) groups is 1. The molecule has 0 fully saturated rings. The average molecular weight is 358 g/mol. The highest BCUT2D eigenvalue weighted by Gasteiger charge is 2.15. The molecule has 0 amide bonds. The van der Waals surface area contributed by atoms with Crippen LogP contribution in [0.4, 0.5) is 0 Å². The highest BCUT2D eigenvalue weighted by Crippen LogP contribution is 2.15. The highest BCUT2D eigenvalue weighted by molar-refractivity contribution is 5.80. The molecule has 1 heterocycles. The van der Waals surface area contributed by atoms with Gasteiger partial charge in [-0.15, -0.1) is 0 Å². The number of methoxy groups -OCH3 is 1. The number of nitrogens with one attached hydrogen (secondary N) is 2. The van der Waals surface area contributed by atoms with E-state index in [4.69, 9.17) is 4.74 Å². The van der Waals surface area contributed by atoms with Gasteiger partial charge in [-0.1, -0.05) is 30.3 Å². The third kappa shape index (κ3) is 5.08. The minimum Gasteiger partial charge on any atom is -0.375 e. The van der Waals surface area contributed by atoms with Crippen molar-refractivity contribution in [1.29, 1.82) is 0 Å². The molecule has 2 N–H and O–H groups in total. The number of ether oxygens (including phenoxy) is 1. The lowest BCUT2D eigenvalue weighted by Crippen LogP contribution is -2.44. The Hall–Kier alpha value is -2.34. The molecule has 0 aliphatic rings. The van der Waals surface area contributed by atoms with Crippen LogP contribution >= 0.6 is 0 Å². The first-order valence-corrected chi connectivity index (χ1v) is 9.00. The van der Waals surface area contributed by atoms with Crippen molar-refractivity contribution in [2.24, 2.45) is 12.0 Å². The molecular weight excluding hydrogens is 326 g/mol. The molecule has 2 unspecified atom stereocenters. The summed E-state index contributed by atoms with van der Waals surface area (Å²) in [5.41, 5.74) is 4.74. The number of aryl methyl sites for hydroxylation is 2. The van der Waals surface area contributed by atoms with Gasteiger partial charge in [0, 0.05) is 39.5 Å². The smallest absolute Gasteiger partial charge is 0.191 e. The van der Waals surface area contributed by atoms with Crippen LogP contribution in [0.2, 0.25) is 0 Å². The van der Waals surface area contributed by atoms with E-state index in [0.717, 1.165) is 23.6 Å². The van der Waals surface area contributed by atoms with E-state index in [1.54, 1.807) is 14.2 Å². The van der Waals surface area contributed by atoms with Crippen LogP contribution in [-0.2, 0) is 18.2 Å². The zero-order valence-electron chi connectivity index (χ0n) is 16.7. The lowest BCUT2D eigenvalue weighted by molar-refractivity contribution is 0.106. The van der Waals surface area contributed by atoms with Crippen molar-refractivity contribution in [2.45, 2.75) is 39.3 Å². The molecule has 1 aromatic heterocycles. The molecule has 0 bridgehead atoms. The zero-order chi connectivity index (χ0) is 19.1. The predicted octanol–water partition coefficient (Wildman–Crippen LogP) is 2.52. The number of hydrogen-bond acceptors (Lipinski definition) is 3. The van der Waals surface area contributed by atoms with Gasteiger partial charge < -0.3 is 15.4 Å². The van der Waals surface area contributed by atoms with Gasteiger partial charge in [-0.2, -0.15) is 5.10 Å². The van der Waals surface area contributed by atoms with Crippen molar-refractivity contribution in [3.8, 4) is 0 Å². The molecule has 0 radical (unpaired) electrons. The molecule has 2 atom stereocenters. The summed E-state index contributed by atoms with van der Waals surface area (Å²) in [5.74, 6) is 0.773. The van der Waals surface area contributed by atoms with Gasteiger partial charge in [-0.05, 0) is 38.3 Å².